The number of urea groups is 1. The van der Waals surface area contributed by atoms with Gasteiger partial charge in [-0.2, -0.15) is 0 Å². The molecule has 0 saturated carbocycles. The molecule has 5 heteroatoms. The summed E-state index contributed by atoms with van der Waals surface area (Å²) in [6.07, 6.45) is 0.878. The summed E-state index contributed by atoms with van der Waals surface area (Å²) in [5.74, 6) is 0.224. The van der Waals surface area contributed by atoms with Crippen LogP contribution in [0.25, 0.3) is 0 Å². The van der Waals surface area contributed by atoms with Crippen molar-refractivity contribution in [3.8, 4) is 0 Å². The van der Waals surface area contributed by atoms with Gasteiger partial charge in [-0.1, -0.05) is 0 Å². The van der Waals surface area contributed by atoms with E-state index in [9.17, 15) is 4.79 Å². The van der Waals surface area contributed by atoms with Crippen LogP contribution in [-0.2, 0) is 0 Å². The van der Waals surface area contributed by atoms with Crippen molar-refractivity contribution >= 4 is 17.4 Å². The fourth-order valence-electron chi connectivity index (χ4n) is 2.21. The Labute approximate surface area is 113 Å². The molecule has 1 aliphatic rings. The predicted molar refractivity (Wildman–Crippen MR) is 76.6 cm³/mol. The van der Waals surface area contributed by atoms with E-state index in [2.05, 4.69) is 5.32 Å². The molecule has 1 saturated heterocycles. The Balaban J connectivity index is 1.92. The maximum atomic E-state index is 12.0. The molecule has 0 spiro atoms. The van der Waals surface area contributed by atoms with E-state index in [4.69, 9.17) is 5.11 Å². The molecular weight excluding hydrogens is 242 g/mol. The summed E-state index contributed by atoms with van der Waals surface area (Å²) in [7, 11) is 3.96. The predicted octanol–water partition coefficient (Wildman–Crippen LogP) is 1.60. The second-order valence-electron chi connectivity index (χ2n) is 5.15. The summed E-state index contributed by atoms with van der Waals surface area (Å²) >= 11 is 0. The van der Waals surface area contributed by atoms with Gasteiger partial charge in [0.25, 0.3) is 0 Å². The number of hydrogen-bond donors (Lipinski definition) is 2. The lowest BCUT2D eigenvalue weighted by Crippen LogP contribution is -2.33. The number of rotatable bonds is 3. The molecule has 5 nitrogen and oxygen atoms in total. The zero-order valence-corrected chi connectivity index (χ0v) is 11.5. The molecule has 19 heavy (non-hydrogen) atoms. The minimum absolute atomic E-state index is 0.0893. The fraction of sp³-hybridized carbons (Fsp3) is 0.500. The Bertz CT molecular complexity index is 431. The smallest absolute Gasteiger partial charge is 0.321 e. The Kier molecular flexibility index (Phi) is 4.27. The van der Waals surface area contributed by atoms with Crippen molar-refractivity contribution in [3.63, 3.8) is 0 Å². The Morgan fingerprint density at radius 1 is 1.42 bits per heavy atom. The van der Waals surface area contributed by atoms with Crippen LogP contribution in [0.15, 0.2) is 24.3 Å². The van der Waals surface area contributed by atoms with Gasteiger partial charge < -0.3 is 20.2 Å². The number of amides is 2. The molecule has 0 aromatic heterocycles. The van der Waals surface area contributed by atoms with Crippen LogP contribution in [0.2, 0.25) is 0 Å². The van der Waals surface area contributed by atoms with Crippen LogP contribution in [0.1, 0.15) is 6.42 Å². The molecule has 1 unspecified atom stereocenters. The van der Waals surface area contributed by atoms with Crippen LogP contribution in [0.4, 0.5) is 16.2 Å². The van der Waals surface area contributed by atoms with Gasteiger partial charge in [-0.3, -0.25) is 0 Å². The lowest BCUT2D eigenvalue weighted by atomic mass is 10.1. The monoisotopic (exact) mass is 263 g/mol. The molecule has 0 bridgehead atoms. The normalized spacial score (nSPS) is 18.5. The average molecular weight is 263 g/mol. The highest BCUT2D eigenvalue weighted by Gasteiger charge is 2.25. The van der Waals surface area contributed by atoms with Gasteiger partial charge in [0.15, 0.2) is 0 Å². The number of aliphatic hydroxyl groups excluding tert-OH is 1. The molecule has 1 atom stereocenters. The van der Waals surface area contributed by atoms with E-state index in [0.717, 1.165) is 17.8 Å². The molecule has 104 valence electrons. The van der Waals surface area contributed by atoms with Crippen LogP contribution >= 0.6 is 0 Å². The van der Waals surface area contributed by atoms with Crippen LogP contribution < -0.4 is 10.2 Å². The number of carbonyl (C=O) groups excluding carboxylic acids is 1. The maximum Gasteiger partial charge on any atom is 0.321 e. The first-order valence-corrected chi connectivity index (χ1v) is 6.54. The van der Waals surface area contributed by atoms with Crippen molar-refractivity contribution < 1.29 is 9.90 Å². The number of anilines is 2. The van der Waals surface area contributed by atoms with Gasteiger partial charge in [0.2, 0.25) is 0 Å². The van der Waals surface area contributed by atoms with Crippen molar-refractivity contribution in [1.29, 1.82) is 0 Å². The van der Waals surface area contributed by atoms with Crippen molar-refractivity contribution in [2.45, 2.75) is 6.42 Å². The first-order chi connectivity index (χ1) is 9.10. The standard InChI is InChI=1S/C14H21N3O2/c1-16(2)13-5-3-12(4-6-13)15-14(19)17-8-7-11(9-17)10-18/h3-6,11,18H,7-10H2,1-2H3,(H,15,19). The molecule has 2 rings (SSSR count). The number of hydrogen-bond acceptors (Lipinski definition) is 3. The second kappa shape index (κ2) is 5.93. The highest BCUT2D eigenvalue weighted by atomic mass is 16.3. The Morgan fingerprint density at radius 3 is 2.63 bits per heavy atom. The van der Waals surface area contributed by atoms with E-state index in [-0.39, 0.29) is 18.6 Å². The third-order valence-corrected chi connectivity index (χ3v) is 3.47. The Morgan fingerprint density at radius 2 is 2.11 bits per heavy atom. The fourth-order valence-corrected chi connectivity index (χ4v) is 2.21. The quantitative estimate of drug-likeness (QED) is 0.871. The van der Waals surface area contributed by atoms with E-state index in [0.29, 0.717) is 13.1 Å². The van der Waals surface area contributed by atoms with E-state index >= 15 is 0 Å². The van der Waals surface area contributed by atoms with Gasteiger partial charge in [0, 0.05) is 51.1 Å². The second-order valence-corrected chi connectivity index (χ2v) is 5.15. The molecule has 0 aliphatic carbocycles. The summed E-state index contributed by atoms with van der Waals surface area (Å²) in [5, 5.41) is 12.0. The number of nitrogens with one attached hydrogen (secondary N) is 1. The zero-order chi connectivity index (χ0) is 13.8. The molecule has 1 aromatic carbocycles. The van der Waals surface area contributed by atoms with Crippen LogP contribution in [0.5, 0.6) is 0 Å². The number of benzene rings is 1. The molecule has 1 fully saturated rings. The molecule has 1 aromatic rings. The van der Waals surface area contributed by atoms with Gasteiger partial charge in [0.1, 0.15) is 0 Å². The highest BCUT2D eigenvalue weighted by molar-refractivity contribution is 5.89. The van der Waals surface area contributed by atoms with Gasteiger partial charge >= 0.3 is 6.03 Å². The highest BCUT2D eigenvalue weighted by Crippen LogP contribution is 2.19. The minimum Gasteiger partial charge on any atom is -0.396 e. The van der Waals surface area contributed by atoms with Crippen molar-refractivity contribution in [2.24, 2.45) is 5.92 Å². The van der Waals surface area contributed by atoms with Crippen LogP contribution in [0.3, 0.4) is 0 Å². The number of carbonyl (C=O) groups is 1. The molecule has 2 N–H and O–H groups in total. The van der Waals surface area contributed by atoms with Crippen molar-refractivity contribution in [2.75, 3.05) is 44.0 Å². The number of aliphatic hydroxyl groups is 1. The molecule has 1 aliphatic heterocycles. The zero-order valence-electron chi connectivity index (χ0n) is 11.5. The maximum absolute atomic E-state index is 12.0. The molecule has 2 amide bonds. The lowest BCUT2D eigenvalue weighted by Gasteiger charge is -2.18. The summed E-state index contributed by atoms with van der Waals surface area (Å²) < 4.78 is 0. The number of likely N-dealkylation sites (tertiary alicyclic amines) is 1. The van der Waals surface area contributed by atoms with Crippen molar-refractivity contribution in [3.05, 3.63) is 24.3 Å². The largest absolute Gasteiger partial charge is 0.396 e. The summed E-state index contributed by atoms with van der Waals surface area (Å²) in [5.41, 5.74) is 1.89. The van der Waals surface area contributed by atoms with E-state index in [1.165, 1.54) is 0 Å². The van der Waals surface area contributed by atoms with Gasteiger partial charge in [-0.25, -0.2) is 4.79 Å². The third-order valence-electron chi connectivity index (χ3n) is 3.47. The van der Waals surface area contributed by atoms with Crippen LogP contribution in [-0.4, -0.2) is 49.8 Å². The summed E-state index contributed by atoms with van der Waals surface area (Å²) in [6, 6.07) is 7.64. The first-order valence-electron chi connectivity index (χ1n) is 6.54. The topological polar surface area (TPSA) is 55.8 Å². The first kappa shape index (κ1) is 13.7. The van der Waals surface area contributed by atoms with Gasteiger partial charge in [-0.15, -0.1) is 0 Å². The lowest BCUT2D eigenvalue weighted by molar-refractivity contribution is 0.209. The van der Waals surface area contributed by atoms with Gasteiger partial charge in [-0.05, 0) is 30.7 Å². The summed E-state index contributed by atoms with van der Waals surface area (Å²) in [6.45, 7) is 1.51. The minimum atomic E-state index is -0.0893. The molecule has 0 radical (unpaired) electrons. The van der Waals surface area contributed by atoms with Gasteiger partial charge in [0.05, 0.1) is 0 Å². The number of nitrogens with zero attached hydrogens (tertiary/aromatic N) is 2. The SMILES string of the molecule is CN(C)c1ccc(NC(=O)N2CCC(CO)C2)cc1. The summed E-state index contributed by atoms with van der Waals surface area (Å²) in [4.78, 5) is 15.8. The van der Waals surface area contributed by atoms with Crippen molar-refractivity contribution in [1.82, 2.24) is 4.90 Å². The van der Waals surface area contributed by atoms with E-state index < -0.39 is 0 Å². The van der Waals surface area contributed by atoms with E-state index in [1.54, 1.807) is 4.90 Å². The molecule has 1 heterocycles. The van der Waals surface area contributed by atoms with Crippen LogP contribution in [0, 0.1) is 5.92 Å². The Hall–Kier alpha value is -1.75. The molecular formula is C14H21N3O2. The average Bonchev–Trinajstić information content (AvgIpc) is 2.88. The van der Waals surface area contributed by atoms with E-state index in [1.807, 2.05) is 43.3 Å². The third kappa shape index (κ3) is 3.38.